The van der Waals surface area contributed by atoms with Crippen LogP contribution in [0.25, 0.3) is 5.65 Å². The number of amides is 1. The van der Waals surface area contributed by atoms with Gasteiger partial charge in [-0.25, -0.2) is 0 Å². The third kappa shape index (κ3) is 4.20. The van der Waals surface area contributed by atoms with Gasteiger partial charge in [0.05, 0.1) is 18.6 Å². The number of thioether (sulfide) groups is 1. The number of pyridine rings is 1. The zero-order valence-corrected chi connectivity index (χ0v) is 15.4. The molecule has 0 atom stereocenters. The van der Waals surface area contributed by atoms with Gasteiger partial charge in [0.25, 0.3) is 0 Å². The van der Waals surface area contributed by atoms with E-state index in [-0.39, 0.29) is 11.7 Å². The molecule has 7 heteroatoms. The Hall–Kier alpha value is -3.06. The summed E-state index contributed by atoms with van der Waals surface area (Å²) in [5.74, 6) is 1.06. The van der Waals surface area contributed by atoms with E-state index in [0.29, 0.717) is 18.2 Å². The highest BCUT2D eigenvalue weighted by atomic mass is 32.2. The average Bonchev–Trinajstić information content (AvgIpc) is 3.36. The maximum Gasteiger partial charge on any atom is 0.233 e. The smallest absolute Gasteiger partial charge is 0.233 e. The van der Waals surface area contributed by atoms with Gasteiger partial charge in [-0.05, 0) is 29.8 Å². The lowest BCUT2D eigenvalue weighted by atomic mass is 10.2. The van der Waals surface area contributed by atoms with Gasteiger partial charge in [0.15, 0.2) is 10.8 Å². The Morgan fingerprint density at radius 2 is 1.85 bits per heavy atom. The van der Waals surface area contributed by atoms with Gasteiger partial charge in [0.1, 0.15) is 5.76 Å². The topological polar surface area (TPSA) is 63.6 Å². The van der Waals surface area contributed by atoms with Crippen molar-refractivity contribution in [1.29, 1.82) is 0 Å². The summed E-state index contributed by atoms with van der Waals surface area (Å²) < 4.78 is 7.31. The van der Waals surface area contributed by atoms with Crippen LogP contribution in [0.1, 0.15) is 11.3 Å². The van der Waals surface area contributed by atoms with E-state index in [9.17, 15) is 4.79 Å². The minimum Gasteiger partial charge on any atom is -0.467 e. The molecule has 136 valence electrons. The first-order chi connectivity index (χ1) is 13.3. The lowest BCUT2D eigenvalue weighted by Crippen LogP contribution is -2.31. The largest absolute Gasteiger partial charge is 0.467 e. The summed E-state index contributed by atoms with van der Waals surface area (Å²) in [6.07, 6.45) is 3.52. The molecule has 0 fully saturated rings. The van der Waals surface area contributed by atoms with Crippen molar-refractivity contribution in [2.45, 2.75) is 18.2 Å². The minimum atomic E-state index is 0.0212. The summed E-state index contributed by atoms with van der Waals surface area (Å²) in [6, 6.07) is 19.4. The average molecular weight is 378 g/mol. The fourth-order valence-corrected chi connectivity index (χ4v) is 3.59. The Morgan fingerprint density at radius 3 is 2.67 bits per heavy atom. The zero-order valence-electron chi connectivity index (χ0n) is 14.6. The van der Waals surface area contributed by atoms with E-state index >= 15 is 0 Å². The van der Waals surface area contributed by atoms with Gasteiger partial charge in [-0.15, -0.1) is 10.2 Å². The molecule has 0 N–H and O–H groups in total. The standard InChI is InChI=1S/C20H18N4O2S/c25-19(15-27-20-22-21-18-10-4-5-11-24(18)20)23(14-17-9-6-12-26-17)13-16-7-2-1-3-8-16/h1-12H,13-15H2. The third-order valence-corrected chi connectivity index (χ3v) is 5.03. The summed E-state index contributed by atoms with van der Waals surface area (Å²) in [7, 11) is 0. The molecule has 1 aromatic carbocycles. The number of benzene rings is 1. The fourth-order valence-electron chi connectivity index (χ4n) is 2.76. The summed E-state index contributed by atoms with van der Waals surface area (Å²) >= 11 is 1.38. The summed E-state index contributed by atoms with van der Waals surface area (Å²) in [6.45, 7) is 0.962. The number of nitrogens with zero attached hydrogens (tertiary/aromatic N) is 4. The van der Waals surface area contributed by atoms with Crippen LogP contribution in [0.2, 0.25) is 0 Å². The van der Waals surface area contributed by atoms with Gasteiger partial charge in [-0.3, -0.25) is 9.20 Å². The van der Waals surface area contributed by atoms with Crippen LogP contribution >= 0.6 is 11.8 Å². The van der Waals surface area contributed by atoms with Gasteiger partial charge in [0, 0.05) is 12.7 Å². The third-order valence-electron chi connectivity index (χ3n) is 4.10. The highest BCUT2D eigenvalue weighted by molar-refractivity contribution is 7.99. The number of hydrogen-bond donors (Lipinski definition) is 0. The number of carbonyl (C=O) groups is 1. The van der Waals surface area contributed by atoms with Crippen LogP contribution in [0, 0.1) is 0 Å². The molecule has 0 aliphatic rings. The highest BCUT2D eigenvalue weighted by Gasteiger charge is 2.17. The van der Waals surface area contributed by atoms with Crippen LogP contribution in [0.15, 0.2) is 82.7 Å². The first-order valence-electron chi connectivity index (χ1n) is 8.56. The Kier molecular flexibility index (Phi) is 5.20. The number of rotatable bonds is 7. The van der Waals surface area contributed by atoms with Crippen molar-refractivity contribution >= 4 is 23.3 Å². The Bertz CT molecular complexity index is 1010. The van der Waals surface area contributed by atoms with Crippen LogP contribution in [0.5, 0.6) is 0 Å². The number of hydrogen-bond acceptors (Lipinski definition) is 5. The molecule has 0 spiro atoms. The van der Waals surface area contributed by atoms with Crippen molar-refractivity contribution in [3.05, 3.63) is 84.4 Å². The molecule has 6 nitrogen and oxygen atoms in total. The highest BCUT2D eigenvalue weighted by Crippen LogP contribution is 2.19. The molecule has 3 heterocycles. The Labute approximate surface area is 160 Å². The molecule has 3 aromatic heterocycles. The van der Waals surface area contributed by atoms with E-state index in [1.54, 1.807) is 11.2 Å². The quantitative estimate of drug-likeness (QED) is 0.460. The first kappa shape index (κ1) is 17.4. The number of aromatic nitrogens is 3. The van der Waals surface area contributed by atoms with E-state index in [1.807, 2.05) is 71.3 Å². The van der Waals surface area contributed by atoms with Crippen molar-refractivity contribution in [2.24, 2.45) is 0 Å². The monoisotopic (exact) mass is 378 g/mol. The second-order valence-electron chi connectivity index (χ2n) is 6.01. The van der Waals surface area contributed by atoms with Gasteiger partial charge in [-0.2, -0.15) is 0 Å². The maximum atomic E-state index is 12.9. The van der Waals surface area contributed by atoms with Gasteiger partial charge in [0.2, 0.25) is 5.91 Å². The number of carbonyl (C=O) groups excluding carboxylic acids is 1. The molecule has 0 saturated heterocycles. The molecule has 0 radical (unpaired) electrons. The van der Waals surface area contributed by atoms with E-state index in [1.165, 1.54) is 11.8 Å². The SMILES string of the molecule is O=C(CSc1nnc2ccccn12)N(Cc1ccccc1)Cc1ccco1. The van der Waals surface area contributed by atoms with Crippen molar-refractivity contribution in [2.75, 3.05) is 5.75 Å². The van der Waals surface area contributed by atoms with E-state index in [4.69, 9.17) is 4.42 Å². The molecular formula is C20H18N4O2S. The molecule has 4 rings (SSSR count). The zero-order chi connectivity index (χ0) is 18.5. The second kappa shape index (κ2) is 8.09. The lowest BCUT2D eigenvalue weighted by Gasteiger charge is -2.21. The maximum absolute atomic E-state index is 12.9. The Morgan fingerprint density at radius 1 is 1.00 bits per heavy atom. The van der Waals surface area contributed by atoms with Crippen LogP contribution in [-0.4, -0.2) is 31.2 Å². The lowest BCUT2D eigenvalue weighted by molar-refractivity contribution is -0.129. The normalized spacial score (nSPS) is 11.0. The van der Waals surface area contributed by atoms with Crippen molar-refractivity contribution < 1.29 is 9.21 Å². The molecule has 0 bridgehead atoms. The minimum absolute atomic E-state index is 0.0212. The van der Waals surface area contributed by atoms with Gasteiger partial charge >= 0.3 is 0 Å². The van der Waals surface area contributed by atoms with E-state index < -0.39 is 0 Å². The van der Waals surface area contributed by atoms with Crippen molar-refractivity contribution in [3.8, 4) is 0 Å². The van der Waals surface area contributed by atoms with E-state index in [0.717, 1.165) is 17.0 Å². The summed E-state index contributed by atoms with van der Waals surface area (Å²) in [5.41, 5.74) is 1.85. The predicted molar refractivity (Wildman–Crippen MR) is 103 cm³/mol. The molecular weight excluding hydrogens is 360 g/mol. The second-order valence-corrected chi connectivity index (χ2v) is 6.96. The van der Waals surface area contributed by atoms with Crippen LogP contribution < -0.4 is 0 Å². The van der Waals surface area contributed by atoms with Crippen LogP contribution in [0.4, 0.5) is 0 Å². The van der Waals surface area contributed by atoms with Crippen LogP contribution in [-0.2, 0) is 17.9 Å². The molecule has 0 aliphatic carbocycles. The molecule has 4 aromatic rings. The summed E-state index contributed by atoms with van der Waals surface area (Å²) in [4.78, 5) is 14.7. The molecule has 1 amide bonds. The van der Waals surface area contributed by atoms with Gasteiger partial charge in [-0.1, -0.05) is 48.2 Å². The van der Waals surface area contributed by atoms with E-state index in [2.05, 4.69) is 10.2 Å². The molecule has 27 heavy (non-hydrogen) atoms. The Balaban J connectivity index is 1.47. The fraction of sp³-hybridized carbons (Fsp3) is 0.150. The summed E-state index contributed by atoms with van der Waals surface area (Å²) in [5, 5.41) is 9.00. The molecule has 0 unspecified atom stereocenters. The predicted octanol–water partition coefficient (Wildman–Crippen LogP) is 3.64. The number of furan rings is 1. The van der Waals surface area contributed by atoms with Crippen molar-refractivity contribution in [3.63, 3.8) is 0 Å². The van der Waals surface area contributed by atoms with Crippen molar-refractivity contribution in [1.82, 2.24) is 19.5 Å². The van der Waals surface area contributed by atoms with Gasteiger partial charge < -0.3 is 9.32 Å². The molecule has 0 aliphatic heterocycles. The molecule has 0 saturated carbocycles. The first-order valence-corrected chi connectivity index (χ1v) is 9.55. The van der Waals surface area contributed by atoms with Crippen LogP contribution in [0.3, 0.4) is 0 Å². The number of fused-ring (bicyclic) bond motifs is 1.